The topological polar surface area (TPSA) is 58.6 Å². The second-order valence-corrected chi connectivity index (χ2v) is 4.50. The molecule has 1 aromatic rings. The van der Waals surface area contributed by atoms with Crippen LogP contribution in [0.1, 0.15) is 25.3 Å². The van der Waals surface area contributed by atoms with E-state index in [2.05, 4.69) is 5.32 Å². The minimum absolute atomic E-state index is 0.136. The molecule has 0 spiro atoms. The first kappa shape index (κ1) is 13.4. The largest absolute Gasteiger partial charge is 0.450 e. The molecule has 19 heavy (non-hydrogen) atoms. The summed E-state index contributed by atoms with van der Waals surface area (Å²) in [4.78, 5) is 24.9. The Kier molecular flexibility index (Phi) is 4.04. The number of hydrogen-bond donors (Lipinski definition) is 1. The molecular formula is C14H18N2O3. The van der Waals surface area contributed by atoms with Gasteiger partial charge in [0.1, 0.15) is 0 Å². The summed E-state index contributed by atoms with van der Waals surface area (Å²) in [6.07, 6.45) is 0.994. The van der Waals surface area contributed by atoms with Crippen LogP contribution < -0.4 is 10.2 Å². The lowest BCUT2D eigenvalue weighted by Crippen LogP contribution is -2.24. The molecule has 102 valence electrons. The van der Waals surface area contributed by atoms with Gasteiger partial charge >= 0.3 is 6.09 Å². The van der Waals surface area contributed by atoms with E-state index in [0.29, 0.717) is 18.7 Å². The van der Waals surface area contributed by atoms with Crippen LogP contribution in [0, 0.1) is 6.92 Å². The smallest absolute Gasteiger partial charge is 0.411 e. The van der Waals surface area contributed by atoms with E-state index in [1.54, 1.807) is 17.9 Å². The molecule has 0 atom stereocenters. The van der Waals surface area contributed by atoms with Gasteiger partial charge in [0, 0.05) is 24.3 Å². The van der Waals surface area contributed by atoms with Crippen LogP contribution in [-0.4, -0.2) is 25.2 Å². The lowest BCUT2D eigenvalue weighted by atomic mass is 10.1. The van der Waals surface area contributed by atoms with Crippen LogP contribution >= 0.6 is 0 Å². The Morgan fingerprint density at radius 3 is 2.89 bits per heavy atom. The summed E-state index contributed by atoms with van der Waals surface area (Å²) in [6.45, 7) is 4.77. The molecule has 0 bridgehead atoms. The summed E-state index contributed by atoms with van der Waals surface area (Å²) in [6, 6.07) is 5.51. The van der Waals surface area contributed by atoms with E-state index in [9.17, 15) is 9.59 Å². The van der Waals surface area contributed by atoms with Crippen LogP contribution in [0.25, 0.3) is 0 Å². The van der Waals surface area contributed by atoms with E-state index in [-0.39, 0.29) is 5.91 Å². The van der Waals surface area contributed by atoms with Gasteiger partial charge in [0.2, 0.25) is 5.91 Å². The van der Waals surface area contributed by atoms with Gasteiger partial charge in [-0.15, -0.1) is 0 Å². The summed E-state index contributed by atoms with van der Waals surface area (Å²) in [7, 11) is 0. The van der Waals surface area contributed by atoms with Crippen molar-refractivity contribution in [2.24, 2.45) is 0 Å². The molecule has 1 saturated heterocycles. The molecule has 1 aliphatic heterocycles. The number of aryl methyl sites for hydroxylation is 1. The second kappa shape index (κ2) is 5.73. The molecule has 0 saturated carbocycles. The van der Waals surface area contributed by atoms with Crippen molar-refractivity contribution in [3.8, 4) is 0 Å². The van der Waals surface area contributed by atoms with E-state index in [1.165, 1.54) is 0 Å². The highest BCUT2D eigenvalue weighted by Gasteiger charge is 2.23. The molecule has 2 amide bonds. The van der Waals surface area contributed by atoms with E-state index < -0.39 is 6.09 Å². The van der Waals surface area contributed by atoms with Gasteiger partial charge in [0.05, 0.1) is 6.61 Å². The van der Waals surface area contributed by atoms with Gasteiger partial charge in [0.25, 0.3) is 0 Å². The number of nitrogens with one attached hydrogen (secondary N) is 1. The third kappa shape index (κ3) is 3.05. The molecular weight excluding hydrogens is 244 g/mol. The zero-order chi connectivity index (χ0) is 13.8. The first-order valence-electron chi connectivity index (χ1n) is 6.46. The Morgan fingerprint density at radius 1 is 1.47 bits per heavy atom. The molecule has 0 radical (unpaired) electrons. The van der Waals surface area contributed by atoms with Crippen LogP contribution in [0.5, 0.6) is 0 Å². The third-order valence-electron chi connectivity index (χ3n) is 3.10. The summed E-state index contributed by atoms with van der Waals surface area (Å²) < 4.78 is 4.83. The molecule has 1 fully saturated rings. The lowest BCUT2D eigenvalue weighted by Gasteiger charge is -2.19. The van der Waals surface area contributed by atoms with Gasteiger partial charge < -0.3 is 9.64 Å². The summed E-state index contributed by atoms with van der Waals surface area (Å²) in [5, 5.41) is 2.65. The molecule has 0 unspecified atom stereocenters. The minimum atomic E-state index is -0.481. The fourth-order valence-corrected chi connectivity index (χ4v) is 2.17. The van der Waals surface area contributed by atoms with Crippen molar-refractivity contribution in [1.29, 1.82) is 0 Å². The Morgan fingerprint density at radius 2 is 2.26 bits per heavy atom. The van der Waals surface area contributed by atoms with Crippen LogP contribution in [0.4, 0.5) is 16.2 Å². The monoisotopic (exact) mass is 262 g/mol. The Labute approximate surface area is 112 Å². The summed E-state index contributed by atoms with van der Waals surface area (Å²) in [5.74, 6) is 0.136. The zero-order valence-electron chi connectivity index (χ0n) is 11.2. The predicted octanol–water partition coefficient (Wildman–Crippen LogP) is 2.69. The van der Waals surface area contributed by atoms with Gasteiger partial charge in [-0.2, -0.15) is 0 Å². The average Bonchev–Trinajstić information content (AvgIpc) is 2.78. The number of amides is 2. The molecule has 1 aliphatic rings. The Hall–Kier alpha value is -2.04. The molecule has 1 aromatic carbocycles. The quantitative estimate of drug-likeness (QED) is 0.911. The SMILES string of the molecule is CCOC(=O)Nc1ccc(C)c(N2CCCC2=O)c1. The molecule has 0 aliphatic carbocycles. The van der Waals surface area contributed by atoms with E-state index in [4.69, 9.17) is 4.74 Å². The highest BCUT2D eigenvalue weighted by Crippen LogP contribution is 2.28. The first-order chi connectivity index (χ1) is 9.11. The van der Waals surface area contributed by atoms with Gasteiger partial charge in [0.15, 0.2) is 0 Å². The van der Waals surface area contributed by atoms with Crippen molar-refractivity contribution in [3.05, 3.63) is 23.8 Å². The lowest BCUT2D eigenvalue weighted by molar-refractivity contribution is -0.117. The van der Waals surface area contributed by atoms with E-state index >= 15 is 0 Å². The molecule has 2 rings (SSSR count). The van der Waals surface area contributed by atoms with Crippen molar-refractivity contribution in [1.82, 2.24) is 0 Å². The Balaban J connectivity index is 2.19. The van der Waals surface area contributed by atoms with Crippen molar-refractivity contribution < 1.29 is 14.3 Å². The third-order valence-corrected chi connectivity index (χ3v) is 3.10. The Bertz CT molecular complexity index is 499. The molecule has 5 heteroatoms. The van der Waals surface area contributed by atoms with Crippen molar-refractivity contribution in [2.45, 2.75) is 26.7 Å². The van der Waals surface area contributed by atoms with Gasteiger partial charge in [-0.25, -0.2) is 4.79 Å². The van der Waals surface area contributed by atoms with Gasteiger partial charge in [-0.3, -0.25) is 10.1 Å². The fourth-order valence-electron chi connectivity index (χ4n) is 2.17. The summed E-state index contributed by atoms with van der Waals surface area (Å²) in [5.41, 5.74) is 2.51. The minimum Gasteiger partial charge on any atom is -0.450 e. The standard InChI is InChI=1S/C14H18N2O3/c1-3-19-14(18)15-11-7-6-10(2)12(9-11)16-8-4-5-13(16)17/h6-7,9H,3-5,8H2,1-2H3,(H,15,18). The first-order valence-corrected chi connectivity index (χ1v) is 6.46. The normalized spacial score (nSPS) is 14.6. The fraction of sp³-hybridized carbons (Fsp3) is 0.429. The predicted molar refractivity (Wildman–Crippen MR) is 73.4 cm³/mol. The molecule has 5 nitrogen and oxygen atoms in total. The van der Waals surface area contributed by atoms with Crippen molar-refractivity contribution >= 4 is 23.4 Å². The molecule has 1 heterocycles. The number of carbonyl (C=O) groups is 2. The van der Waals surface area contributed by atoms with Crippen LogP contribution in [0.3, 0.4) is 0 Å². The summed E-state index contributed by atoms with van der Waals surface area (Å²) >= 11 is 0. The van der Waals surface area contributed by atoms with Crippen LogP contribution in [0.15, 0.2) is 18.2 Å². The van der Waals surface area contributed by atoms with Gasteiger partial charge in [-0.1, -0.05) is 6.07 Å². The molecule has 0 aromatic heterocycles. The maximum absolute atomic E-state index is 11.8. The zero-order valence-corrected chi connectivity index (χ0v) is 11.2. The van der Waals surface area contributed by atoms with Crippen molar-refractivity contribution in [3.63, 3.8) is 0 Å². The number of nitrogens with zero attached hydrogens (tertiary/aromatic N) is 1. The number of ether oxygens (including phenoxy) is 1. The second-order valence-electron chi connectivity index (χ2n) is 4.50. The average molecular weight is 262 g/mol. The van der Waals surface area contributed by atoms with Gasteiger partial charge in [-0.05, 0) is 38.0 Å². The number of hydrogen-bond acceptors (Lipinski definition) is 3. The van der Waals surface area contributed by atoms with Crippen LogP contribution in [0.2, 0.25) is 0 Å². The number of carbonyl (C=O) groups excluding carboxylic acids is 2. The van der Waals surface area contributed by atoms with Crippen molar-refractivity contribution in [2.75, 3.05) is 23.4 Å². The maximum Gasteiger partial charge on any atom is 0.411 e. The number of benzene rings is 1. The highest BCUT2D eigenvalue weighted by molar-refractivity contribution is 5.97. The maximum atomic E-state index is 11.8. The number of anilines is 2. The molecule has 1 N–H and O–H groups in total. The van der Waals surface area contributed by atoms with E-state index in [1.807, 2.05) is 19.1 Å². The number of rotatable bonds is 3. The highest BCUT2D eigenvalue weighted by atomic mass is 16.5. The van der Waals surface area contributed by atoms with Crippen LogP contribution in [-0.2, 0) is 9.53 Å². The van der Waals surface area contributed by atoms with E-state index in [0.717, 1.165) is 24.2 Å².